The Morgan fingerprint density at radius 1 is 0.914 bits per heavy atom. The summed E-state index contributed by atoms with van der Waals surface area (Å²) in [5, 5.41) is 11.4. The van der Waals surface area contributed by atoms with Gasteiger partial charge >= 0.3 is 0 Å². The fraction of sp³-hybridized carbons (Fsp3) is 0.241. The zero-order valence-electron chi connectivity index (χ0n) is 20.5. The fourth-order valence-corrected chi connectivity index (χ4v) is 4.39. The van der Waals surface area contributed by atoms with Crippen LogP contribution in [0.4, 0.5) is 5.69 Å². The number of hydrogen-bond acceptors (Lipinski definition) is 5. The second-order valence-corrected chi connectivity index (χ2v) is 8.89. The first kappa shape index (κ1) is 24.1. The molecule has 180 valence electrons. The largest absolute Gasteiger partial charge is 0.507 e. The van der Waals surface area contributed by atoms with Crippen molar-refractivity contribution in [1.29, 1.82) is 0 Å². The molecule has 1 aliphatic heterocycles. The molecule has 1 amide bonds. The van der Waals surface area contributed by atoms with Gasteiger partial charge in [0.15, 0.2) is 0 Å². The number of anilines is 1. The number of ether oxygens (including phenoxy) is 2. The van der Waals surface area contributed by atoms with Crippen LogP contribution in [0.5, 0.6) is 11.5 Å². The van der Waals surface area contributed by atoms with E-state index in [1.54, 1.807) is 62.8 Å². The Morgan fingerprint density at radius 3 is 2.14 bits per heavy atom. The molecule has 35 heavy (non-hydrogen) atoms. The van der Waals surface area contributed by atoms with Crippen molar-refractivity contribution in [3.8, 4) is 11.5 Å². The third kappa shape index (κ3) is 4.39. The Labute approximate surface area is 205 Å². The molecule has 1 unspecified atom stereocenters. The highest BCUT2D eigenvalue weighted by molar-refractivity contribution is 6.51. The van der Waals surface area contributed by atoms with Gasteiger partial charge in [0, 0.05) is 11.3 Å². The van der Waals surface area contributed by atoms with E-state index in [9.17, 15) is 14.7 Å². The van der Waals surface area contributed by atoms with Crippen LogP contribution in [0, 0.1) is 6.92 Å². The zero-order chi connectivity index (χ0) is 25.3. The van der Waals surface area contributed by atoms with Gasteiger partial charge in [-0.3, -0.25) is 14.5 Å². The minimum absolute atomic E-state index is 0.0422. The fourth-order valence-electron chi connectivity index (χ4n) is 4.39. The van der Waals surface area contributed by atoms with Crippen LogP contribution >= 0.6 is 0 Å². The van der Waals surface area contributed by atoms with Crippen molar-refractivity contribution >= 4 is 23.1 Å². The highest BCUT2D eigenvalue weighted by Crippen LogP contribution is 2.43. The van der Waals surface area contributed by atoms with E-state index in [0.717, 1.165) is 11.1 Å². The molecule has 3 aromatic carbocycles. The Hall–Kier alpha value is -4.06. The summed E-state index contributed by atoms with van der Waals surface area (Å²) in [5.41, 5.74) is 3.69. The van der Waals surface area contributed by atoms with Crippen molar-refractivity contribution in [3.05, 3.63) is 94.6 Å². The average molecular weight is 472 g/mol. The van der Waals surface area contributed by atoms with Crippen LogP contribution in [0.1, 0.15) is 48.1 Å². The molecule has 1 N–H and O–H groups in total. The van der Waals surface area contributed by atoms with Gasteiger partial charge in [0.2, 0.25) is 0 Å². The lowest BCUT2D eigenvalue weighted by Crippen LogP contribution is -2.29. The van der Waals surface area contributed by atoms with Crippen LogP contribution in [0.2, 0.25) is 0 Å². The lowest BCUT2D eigenvalue weighted by atomic mass is 9.93. The van der Waals surface area contributed by atoms with Gasteiger partial charge in [-0.2, -0.15) is 0 Å². The molecule has 0 radical (unpaired) electrons. The van der Waals surface area contributed by atoms with E-state index < -0.39 is 17.7 Å². The zero-order valence-corrected chi connectivity index (χ0v) is 20.5. The maximum absolute atomic E-state index is 13.4. The number of rotatable bonds is 6. The third-order valence-corrected chi connectivity index (χ3v) is 6.31. The first-order valence-corrected chi connectivity index (χ1v) is 11.5. The van der Waals surface area contributed by atoms with Gasteiger partial charge < -0.3 is 14.6 Å². The summed E-state index contributed by atoms with van der Waals surface area (Å²) in [6, 6.07) is 19.0. The molecule has 4 rings (SSSR count). The molecule has 6 heteroatoms. The summed E-state index contributed by atoms with van der Waals surface area (Å²) in [4.78, 5) is 28.1. The summed E-state index contributed by atoms with van der Waals surface area (Å²) in [5.74, 6) is -0.158. The van der Waals surface area contributed by atoms with Crippen molar-refractivity contribution in [2.75, 3.05) is 19.1 Å². The monoisotopic (exact) mass is 471 g/mol. The molecule has 0 bridgehead atoms. The number of carbonyl (C=O) groups is 2. The third-order valence-electron chi connectivity index (χ3n) is 6.31. The van der Waals surface area contributed by atoms with Gasteiger partial charge in [-0.05, 0) is 66.4 Å². The highest BCUT2D eigenvalue weighted by Gasteiger charge is 2.47. The number of nitrogens with zero attached hydrogens (tertiary/aromatic N) is 1. The van der Waals surface area contributed by atoms with Crippen molar-refractivity contribution < 1.29 is 24.2 Å². The lowest BCUT2D eigenvalue weighted by molar-refractivity contribution is -0.132. The van der Waals surface area contributed by atoms with Gasteiger partial charge in [0.05, 0.1) is 25.8 Å². The van der Waals surface area contributed by atoms with E-state index in [4.69, 9.17) is 9.47 Å². The van der Waals surface area contributed by atoms with E-state index in [2.05, 4.69) is 0 Å². The van der Waals surface area contributed by atoms with Crippen LogP contribution in [-0.2, 0) is 9.59 Å². The smallest absolute Gasteiger partial charge is 0.300 e. The molecule has 0 aromatic heterocycles. The molecule has 0 aliphatic carbocycles. The van der Waals surface area contributed by atoms with Gasteiger partial charge in [-0.15, -0.1) is 0 Å². The summed E-state index contributed by atoms with van der Waals surface area (Å²) in [7, 11) is 3.17. The first-order chi connectivity index (χ1) is 16.8. The van der Waals surface area contributed by atoms with Gasteiger partial charge in [-0.25, -0.2) is 0 Å². The van der Waals surface area contributed by atoms with Crippen LogP contribution in [0.3, 0.4) is 0 Å². The predicted octanol–water partition coefficient (Wildman–Crippen LogP) is 5.76. The maximum atomic E-state index is 13.4. The number of aryl methyl sites for hydroxylation is 1. The molecular formula is C29H29NO5. The minimum atomic E-state index is -0.798. The minimum Gasteiger partial charge on any atom is -0.507 e. The average Bonchev–Trinajstić information content (AvgIpc) is 3.14. The Bertz CT molecular complexity index is 1290. The van der Waals surface area contributed by atoms with Crippen molar-refractivity contribution in [1.82, 2.24) is 0 Å². The number of hydrogen-bond donors (Lipinski definition) is 1. The molecule has 1 fully saturated rings. The number of benzene rings is 3. The molecule has 0 spiro atoms. The number of methoxy groups -OCH3 is 2. The summed E-state index contributed by atoms with van der Waals surface area (Å²) in [6.07, 6.45) is 0. The molecule has 3 aromatic rings. The summed E-state index contributed by atoms with van der Waals surface area (Å²) >= 11 is 0. The van der Waals surface area contributed by atoms with E-state index in [1.807, 2.05) is 39.0 Å². The van der Waals surface area contributed by atoms with Crippen LogP contribution < -0.4 is 14.4 Å². The lowest BCUT2D eigenvalue weighted by Gasteiger charge is -2.26. The van der Waals surface area contributed by atoms with Crippen LogP contribution in [0.25, 0.3) is 5.76 Å². The number of carbonyl (C=O) groups excluding carboxylic acids is 2. The normalized spacial score (nSPS) is 17.2. The maximum Gasteiger partial charge on any atom is 0.300 e. The Kier molecular flexibility index (Phi) is 6.65. The van der Waals surface area contributed by atoms with Crippen molar-refractivity contribution in [2.24, 2.45) is 0 Å². The summed E-state index contributed by atoms with van der Waals surface area (Å²) < 4.78 is 10.7. The first-order valence-electron chi connectivity index (χ1n) is 11.5. The number of aliphatic hydroxyl groups excluding tert-OH is 1. The molecule has 1 saturated heterocycles. The number of aliphatic hydroxyl groups is 1. The van der Waals surface area contributed by atoms with Crippen LogP contribution in [-0.4, -0.2) is 31.0 Å². The molecule has 1 aliphatic rings. The second-order valence-electron chi connectivity index (χ2n) is 8.89. The van der Waals surface area contributed by atoms with Crippen molar-refractivity contribution in [3.63, 3.8) is 0 Å². The highest BCUT2D eigenvalue weighted by atomic mass is 16.5. The second kappa shape index (κ2) is 9.66. The Morgan fingerprint density at radius 2 is 1.57 bits per heavy atom. The predicted molar refractivity (Wildman–Crippen MR) is 136 cm³/mol. The standard InChI is InChI=1S/C29H29NO5/c1-17(2)23-16-20(10-15-24(23)35-5)27(31)25-26(19-8-13-22(34-4)14-9-19)30(29(33)28(25)32)21-11-6-18(3)7-12-21/h6-17,26,31H,1-5H3/b27-25-. The van der Waals surface area contributed by atoms with Gasteiger partial charge in [0.25, 0.3) is 11.7 Å². The molecule has 1 atom stereocenters. The van der Waals surface area contributed by atoms with Crippen molar-refractivity contribution in [2.45, 2.75) is 32.7 Å². The van der Waals surface area contributed by atoms with E-state index >= 15 is 0 Å². The topological polar surface area (TPSA) is 76.1 Å². The molecule has 0 saturated carbocycles. The summed E-state index contributed by atoms with van der Waals surface area (Å²) in [6.45, 7) is 6.00. The van der Waals surface area contributed by atoms with Gasteiger partial charge in [0.1, 0.15) is 17.3 Å². The number of ketones is 1. The van der Waals surface area contributed by atoms with Gasteiger partial charge in [-0.1, -0.05) is 43.7 Å². The molecular weight excluding hydrogens is 442 g/mol. The molecule has 1 heterocycles. The van der Waals surface area contributed by atoms with E-state index in [0.29, 0.717) is 28.3 Å². The SMILES string of the molecule is COc1ccc(C2/C(=C(/O)c3ccc(OC)c(C(C)C)c3)C(=O)C(=O)N2c2ccc(C)cc2)cc1. The number of Topliss-reactive ketones (excluding diaryl/α,β-unsaturated/α-hetero) is 1. The Balaban J connectivity index is 1.93. The number of amides is 1. The quantitative estimate of drug-likeness (QED) is 0.281. The van der Waals surface area contributed by atoms with E-state index in [-0.39, 0.29) is 17.3 Å². The van der Waals surface area contributed by atoms with E-state index in [1.165, 1.54) is 4.90 Å². The molecule has 6 nitrogen and oxygen atoms in total. The van der Waals surface area contributed by atoms with Crippen LogP contribution in [0.15, 0.2) is 72.3 Å².